The summed E-state index contributed by atoms with van der Waals surface area (Å²) >= 11 is 6.91. The van der Waals surface area contributed by atoms with E-state index < -0.39 is 4.92 Å². The van der Waals surface area contributed by atoms with Crippen molar-refractivity contribution in [2.24, 2.45) is 0 Å². The lowest BCUT2D eigenvalue weighted by Crippen LogP contribution is -2.11. The van der Waals surface area contributed by atoms with Crippen molar-refractivity contribution in [3.8, 4) is 11.3 Å². The highest BCUT2D eigenvalue weighted by molar-refractivity contribution is 7.14. The maximum absolute atomic E-state index is 12.1. The number of halogens is 1. The molecule has 7 nitrogen and oxygen atoms in total. The van der Waals surface area contributed by atoms with Crippen LogP contribution in [0.25, 0.3) is 11.3 Å². The fraction of sp³-hybridized carbons (Fsp3) is 0. The van der Waals surface area contributed by atoms with Crippen molar-refractivity contribution in [1.82, 2.24) is 9.97 Å². The SMILES string of the molecule is O=C(Nc1nc(-c2cccc([N+](=O)[O-])c2)cs1)c1ccc(Cl)nc1. The molecule has 3 aromatic rings. The molecule has 0 aliphatic carbocycles. The second-order valence-corrected chi connectivity index (χ2v) is 5.91. The molecule has 0 aliphatic rings. The lowest BCUT2D eigenvalue weighted by atomic mass is 10.1. The fourth-order valence-electron chi connectivity index (χ4n) is 1.92. The van der Waals surface area contributed by atoms with Crippen LogP contribution in [0.5, 0.6) is 0 Å². The summed E-state index contributed by atoms with van der Waals surface area (Å²) in [5.41, 5.74) is 1.49. The molecule has 0 saturated carbocycles. The van der Waals surface area contributed by atoms with Crippen LogP contribution in [-0.4, -0.2) is 20.8 Å². The third-order valence-corrected chi connectivity index (χ3v) is 4.05. The Hall–Kier alpha value is -2.84. The number of aromatic nitrogens is 2. The number of hydrogen-bond donors (Lipinski definition) is 1. The Morgan fingerprint density at radius 2 is 2.12 bits per heavy atom. The van der Waals surface area contributed by atoms with Gasteiger partial charge in [0.05, 0.1) is 16.2 Å². The van der Waals surface area contributed by atoms with Crippen LogP contribution in [0.1, 0.15) is 10.4 Å². The lowest BCUT2D eigenvalue weighted by molar-refractivity contribution is -0.384. The number of thiazole rings is 1. The molecule has 1 N–H and O–H groups in total. The quantitative estimate of drug-likeness (QED) is 0.430. The van der Waals surface area contributed by atoms with Crippen molar-refractivity contribution in [1.29, 1.82) is 0 Å². The van der Waals surface area contributed by atoms with Gasteiger partial charge in [0.2, 0.25) is 0 Å². The summed E-state index contributed by atoms with van der Waals surface area (Å²) in [5.74, 6) is -0.362. The molecule has 0 bridgehead atoms. The van der Waals surface area contributed by atoms with Crippen LogP contribution in [0.15, 0.2) is 48.0 Å². The van der Waals surface area contributed by atoms with E-state index >= 15 is 0 Å². The van der Waals surface area contributed by atoms with Crippen molar-refractivity contribution in [2.75, 3.05) is 5.32 Å². The minimum Gasteiger partial charge on any atom is -0.298 e. The summed E-state index contributed by atoms with van der Waals surface area (Å²) in [7, 11) is 0. The van der Waals surface area contributed by atoms with Gasteiger partial charge in [-0.25, -0.2) is 9.97 Å². The zero-order chi connectivity index (χ0) is 17.1. The van der Waals surface area contributed by atoms with Crippen molar-refractivity contribution in [3.63, 3.8) is 0 Å². The molecule has 0 aliphatic heterocycles. The molecule has 0 unspecified atom stereocenters. The average molecular weight is 361 g/mol. The average Bonchev–Trinajstić information content (AvgIpc) is 3.04. The Labute approximate surface area is 145 Å². The van der Waals surface area contributed by atoms with E-state index in [1.807, 2.05) is 0 Å². The number of nitro groups is 1. The van der Waals surface area contributed by atoms with Gasteiger partial charge in [-0.05, 0) is 12.1 Å². The van der Waals surface area contributed by atoms with E-state index in [-0.39, 0.29) is 11.6 Å². The van der Waals surface area contributed by atoms with Gasteiger partial charge in [0.15, 0.2) is 5.13 Å². The summed E-state index contributed by atoms with van der Waals surface area (Å²) in [6, 6.07) is 9.23. The van der Waals surface area contributed by atoms with Crippen LogP contribution >= 0.6 is 22.9 Å². The summed E-state index contributed by atoms with van der Waals surface area (Å²) in [5, 5.41) is 15.9. The van der Waals surface area contributed by atoms with E-state index in [2.05, 4.69) is 15.3 Å². The molecule has 3 rings (SSSR count). The van der Waals surface area contributed by atoms with Crippen molar-refractivity contribution >= 4 is 39.7 Å². The first-order valence-electron chi connectivity index (χ1n) is 6.66. The highest BCUT2D eigenvalue weighted by atomic mass is 35.5. The molecule has 0 atom stereocenters. The number of nitro benzene ring substituents is 1. The van der Waals surface area contributed by atoms with Crippen LogP contribution in [0.2, 0.25) is 5.15 Å². The van der Waals surface area contributed by atoms with Crippen LogP contribution < -0.4 is 5.32 Å². The third kappa shape index (κ3) is 3.55. The van der Waals surface area contributed by atoms with Crippen LogP contribution in [0.4, 0.5) is 10.8 Å². The third-order valence-electron chi connectivity index (χ3n) is 3.07. The Morgan fingerprint density at radius 3 is 2.83 bits per heavy atom. The molecule has 0 radical (unpaired) electrons. The molecule has 9 heteroatoms. The first kappa shape index (κ1) is 16.0. The van der Waals surface area contributed by atoms with Gasteiger partial charge < -0.3 is 0 Å². The molecule has 0 spiro atoms. The van der Waals surface area contributed by atoms with Crippen LogP contribution in [0, 0.1) is 10.1 Å². The molecular formula is C15H9ClN4O3S. The van der Waals surface area contributed by atoms with E-state index in [4.69, 9.17) is 11.6 Å². The second-order valence-electron chi connectivity index (χ2n) is 4.67. The summed E-state index contributed by atoms with van der Waals surface area (Å²) < 4.78 is 0. The van der Waals surface area contributed by atoms with Gasteiger partial charge in [-0.3, -0.25) is 20.2 Å². The van der Waals surface area contributed by atoms with Gasteiger partial charge in [0.1, 0.15) is 5.15 Å². The van der Waals surface area contributed by atoms with E-state index in [9.17, 15) is 14.9 Å². The smallest absolute Gasteiger partial charge is 0.270 e. The topological polar surface area (TPSA) is 98.0 Å². The molecule has 1 aromatic carbocycles. The van der Waals surface area contributed by atoms with E-state index in [1.165, 1.54) is 35.7 Å². The highest BCUT2D eigenvalue weighted by Crippen LogP contribution is 2.27. The maximum atomic E-state index is 12.1. The standard InChI is InChI=1S/C15H9ClN4O3S/c16-13-5-4-10(7-17-13)14(21)19-15-18-12(8-24-15)9-2-1-3-11(6-9)20(22)23/h1-8H,(H,18,19,21). The van der Waals surface area contributed by atoms with Crippen LogP contribution in [-0.2, 0) is 0 Å². The molecule has 0 saturated heterocycles. The molecule has 2 aromatic heterocycles. The molecule has 120 valence electrons. The van der Waals surface area contributed by atoms with Gasteiger partial charge in [-0.15, -0.1) is 11.3 Å². The number of hydrogen-bond acceptors (Lipinski definition) is 6. The molecule has 24 heavy (non-hydrogen) atoms. The molecule has 1 amide bonds. The normalized spacial score (nSPS) is 10.4. The number of non-ortho nitro benzene ring substituents is 1. The summed E-state index contributed by atoms with van der Waals surface area (Å²) in [6.07, 6.45) is 1.37. The Kier molecular flexibility index (Phi) is 4.50. The number of carbonyl (C=O) groups excluding carboxylic acids is 1. The predicted octanol–water partition coefficient (Wildman–Crippen LogP) is 4.02. The number of amides is 1. The molecular weight excluding hydrogens is 352 g/mol. The van der Waals surface area contributed by atoms with E-state index in [0.717, 1.165) is 0 Å². The first-order valence-corrected chi connectivity index (χ1v) is 7.92. The summed E-state index contributed by atoms with van der Waals surface area (Å²) in [6.45, 7) is 0. The van der Waals surface area contributed by atoms with Crippen molar-refractivity contribution in [2.45, 2.75) is 0 Å². The van der Waals surface area contributed by atoms with Crippen molar-refractivity contribution in [3.05, 3.63) is 68.8 Å². The Balaban J connectivity index is 1.78. The minimum atomic E-state index is -0.466. The fourth-order valence-corrected chi connectivity index (χ4v) is 2.75. The number of pyridine rings is 1. The summed E-state index contributed by atoms with van der Waals surface area (Å²) in [4.78, 5) is 30.6. The number of rotatable bonds is 4. The van der Waals surface area contributed by atoms with Gasteiger partial charge in [0.25, 0.3) is 11.6 Å². The molecule has 2 heterocycles. The van der Waals surface area contributed by atoms with Crippen LogP contribution in [0.3, 0.4) is 0 Å². The van der Waals surface area contributed by atoms with E-state index in [0.29, 0.717) is 27.1 Å². The minimum absolute atomic E-state index is 0.0154. The zero-order valence-corrected chi connectivity index (χ0v) is 13.5. The first-order chi connectivity index (χ1) is 11.5. The monoisotopic (exact) mass is 360 g/mol. The Bertz CT molecular complexity index is 911. The van der Waals surface area contributed by atoms with Crippen molar-refractivity contribution < 1.29 is 9.72 Å². The second kappa shape index (κ2) is 6.73. The van der Waals surface area contributed by atoms with Gasteiger partial charge >= 0.3 is 0 Å². The maximum Gasteiger partial charge on any atom is 0.270 e. The number of carbonyl (C=O) groups is 1. The molecule has 0 fully saturated rings. The number of nitrogens with zero attached hydrogens (tertiary/aromatic N) is 3. The largest absolute Gasteiger partial charge is 0.298 e. The highest BCUT2D eigenvalue weighted by Gasteiger charge is 2.12. The van der Waals surface area contributed by atoms with Gasteiger partial charge in [-0.2, -0.15) is 0 Å². The number of nitrogens with one attached hydrogen (secondary N) is 1. The van der Waals surface area contributed by atoms with E-state index in [1.54, 1.807) is 23.6 Å². The number of benzene rings is 1. The Morgan fingerprint density at radius 1 is 1.29 bits per heavy atom. The predicted molar refractivity (Wildman–Crippen MR) is 91.4 cm³/mol. The number of anilines is 1. The lowest BCUT2D eigenvalue weighted by Gasteiger charge is -2.01. The zero-order valence-electron chi connectivity index (χ0n) is 12.0. The van der Waals surface area contributed by atoms with Gasteiger partial charge in [-0.1, -0.05) is 23.7 Å². The van der Waals surface area contributed by atoms with Gasteiger partial charge in [0, 0.05) is 29.3 Å².